The zero-order valence-electron chi connectivity index (χ0n) is 6.49. The van der Waals surface area contributed by atoms with E-state index in [9.17, 15) is 4.79 Å². The van der Waals surface area contributed by atoms with Gasteiger partial charge in [-0.15, -0.1) is 0 Å². The standard InChI is InChI=1S/C8H13NO2/c10-8(11)9-5-6-2-1-3-7(9)4-6/h6-7H,1-5H2,(H,10,11). The van der Waals surface area contributed by atoms with E-state index in [1.165, 1.54) is 12.8 Å². The summed E-state index contributed by atoms with van der Waals surface area (Å²) in [6, 6.07) is 0.353. The van der Waals surface area contributed by atoms with Gasteiger partial charge in [0.25, 0.3) is 0 Å². The maximum absolute atomic E-state index is 10.7. The fourth-order valence-corrected chi connectivity index (χ4v) is 2.37. The maximum Gasteiger partial charge on any atom is 0.407 e. The maximum atomic E-state index is 10.7. The van der Waals surface area contributed by atoms with Crippen molar-refractivity contribution in [3.05, 3.63) is 0 Å². The number of fused-ring (bicyclic) bond motifs is 2. The van der Waals surface area contributed by atoms with Crippen LogP contribution in [0.2, 0.25) is 0 Å². The third-order valence-electron chi connectivity index (χ3n) is 2.90. The normalized spacial score (nSPS) is 35.8. The Kier molecular flexibility index (Phi) is 1.51. The van der Waals surface area contributed by atoms with Crippen molar-refractivity contribution in [1.82, 2.24) is 4.90 Å². The molecule has 2 rings (SSSR count). The molecule has 2 aliphatic rings. The van der Waals surface area contributed by atoms with Crippen LogP contribution in [-0.2, 0) is 0 Å². The van der Waals surface area contributed by atoms with Gasteiger partial charge >= 0.3 is 6.09 Å². The molecule has 1 aliphatic carbocycles. The predicted octanol–water partition coefficient (Wildman–Crippen LogP) is 1.54. The zero-order chi connectivity index (χ0) is 7.84. The SMILES string of the molecule is O=C(O)N1CC2CCCC1C2. The van der Waals surface area contributed by atoms with Crippen LogP contribution < -0.4 is 0 Å². The minimum Gasteiger partial charge on any atom is -0.465 e. The molecule has 1 saturated heterocycles. The minimum absolute atomic E-state index is 0.353. The highest BCUT2D eigenvalue weighted by atomic mass is 16.4. The van der Waals surface area contributed by atoms with Gasteiger partial charge in [-0.3, -0.25) is 0 Å². The molecule has 2 bridgehead atoms. The molecule has 0 aromatic carbocycles. The van der Waals surface area contributed by atoms with Gasteiger partial charge in [-0.1, -0.05) is 6.42 Å². The molecule has 1 saturated carbocycles. The van der Waals surface area contributed by atoms with Crippen LogP contribution in [0.5, 0.6) is 0 Å². The molecular weight excluding hydrogens is 142 g/mol. The van der Waals surface area contributed by atoms with E-state index >= 15 is 0 Å². The Balaban J connectivity index is 2.08. The van der Waals surface area contributed by atoms with Crippen LogP contribution in [0.4, 0.5) is 4.79 Å². The highest BCUT2D eigenvalue weighted by Gasteiger charge is 2.37. The summed E-state index contributed by atoms with van der Waals surface area (Å²) in [6.07, 6.45) is 3.94. The van der Waals surface area contributed by atoms with Crippen LogP contribution >= 0.6 is 0 Å². The third kappa shape index (κ3) is 1.08. The Morgan fingerprint density at radius 3 is 2.91 bits per heavy atom. The topological polar surface area (TPSA) is 40.5 Å². The average molecular weight is 155 g/mol. The quantitative estimate of drug-likeness (QED) is 0.576. The van der Waals surface area contributed by atoms with Crippen molar-refractivity contribution in [2.45, 2.75) is 31.7 Å². The van der Waals surface area contributed by atoms with E-state index in [4.69, 9.17) is 5.11 Å². The summed E-state index contributed by atoms with van der Waals surface area (Å²) in [5, 5.41) is 8.79. The van der Waals surface area contributed by atoms with Gasteiger partial charge in [-0.2, -0.15) is 0 Å². The van der Waals surface area contributed by atoms with Crippen LogP contribution in [0.25, 0.3) is 0 Å². The minimum atomic E-state index is -0.723. The van der Waals surface area contributed by atoms with E-state index in [1.807, 2.05) is 0 Å². The van der Waals surface area contributed by atoms with Crippen LogP contribution in [0, 0.1) is 5.92 Å². The first-order chi connectivity index (χ1) is 5.27. The van der Waals surface area contributed by atoms with Gasteiger partial charge in [0.15, 0.2) is 0 Å². The van der Waals surface area contributed by atoms with Crippen LogP contribution in [0.3, 0.4) is 0 Å². The molecule has 3 heteroatoms. The van der Waals surface area contributed by atoms with Gasteiger partial charge < -0.3 is 10.0 Å². The monoisotopic (exact) mass is 155 g/mol. The zero-order valence-corrected chi connectivity index (χ0v) is 6.49. The summed E-state index contributed by atoms with van der Waals surface area (Å²) < 4.78 is 0. The van der Waals surface area contributed by atoms with Gasteiger partial charge in [-0.25, -0.2) is 4.79 Å². The van der Waals surface area contributed by atoms with E-state index in [0.29, 0.717) is 12.0 Å². The summed E-state index contributed by atoms with van der Waals surface area (Å²) in [5.74, 6) is 0.671. The molecule has 1 N–H and O–H groups in total. The first-order valence-electron chi connectivity index (χ1n) is 4.27. The lowest BCUT2D eigenvalue weighted by atomic mass is 9.91. The third-order valence-corrected chi connectivity index (χ3v) is 2.90. The fraction of sp³-hybridized carbons (Fsp3) is 0.875. The van der Waals surface area contributed by atoms with Gasteiger partial charge in [0.2, 0.25) is 0 Å². The number of likely N-dealkylation sites (tertiary alicyclic amines) is 1. The molecule has 0 radical (unpaired) electrons. The predicted molar refractivity (Wildman–Crippen MR) is 40.5 cm³/mol. The van der Waals surface area contributed by atoms with Gasteiger partial charge in [0.1, 0.15) is 0 Å². The van der Waals surface area contributed by atoms with Crippen molar-refractivity contribution in [1.29, 1.82) is 0 Å². The van der Waals surface area contributed by atoms with Crippen LogP contribution in [0.15, 0.2) is 0 Å². The molecule has 3 nitrogen and oxygen atoms in total. The second kappa shape index (κ2) is 2.40. The van der Waals surface area contributed by atoms with Gasteiger partial charge in [-0.05, 0) is 25.2 Å². The molecule has 1 aliphatic heterocycles. The second-order valence-electron chi connectivity index (χ2n) is 3.62. The summed E-state index contributed by atoms with van der Waals surface area (Å²) >= 11 is 0. The summed E-state index contributed by atoms with van der Waals surface area (Å²) in [6.45, 7) is 0.792. The Bertz CT molecular complexity index is 181. The van der Waals surface area contributed by atoms with E-state index in [0.717, 1.165) is 19.4 Å². The first kappa shape index (κ1) is 6.95. The molecule has 0 aromatic heterocycles. The van der Waals surface area contributed by atoms with Crippen molar-refractivity contribution in [3.8, 4) is 0 Å². The lowest BCUT2D eigenvalue weighted by Gasteiger charge is -2.21. The molecule has 0 aromatic rings. The van der Waals surface area contributed by atoms with Crippen LogP contribution in [0.1, 0.15) is 25.7 Å². The van der Waals surface area contributed by atoms with Crippen LogP contribution in [-0.4, -0.2) is 28.7 Å². The van der Waals surface area contributed by atoms with E-state index < -0.39 is 6.09 Å². The molecule has 11 heavy (non-hydrogen) atoms. The lowest BCUT2D eigenvalue weighted by molar-refractivity contribution is 0.139. The molecule has 2 unspecified atom stereocenters. The smallest absolute Gasteiger partial charge is 0.407 e. The largest absolute Gasteiger partial charge is 0.465 e. The highest BCUT2D eigenvalue weighted by molar-refractivity contribution is 5.66. The lowest BCUT2D eigenvalue weighted by Crippen LogP contribution is -2.33. The number of amides is 1. The summed E-state index contributed by atoms with van der Waals surface area (Å²) in [4.78, 5) is 12.3. The number of rotatable bonds is 0. The average Bonchev–Trinajstić information content (AvgIpc) is 2.27. The Labute approximate surface area is 66.0 Å². The Morgan fingerprint density at radius 2 is 2.27 bits per heavy atom. The number of carbonyl (C=O) groups is 1. The summed E-state index contributed by atoms with van der Waals surface area (Å²) in [5.41, 5.74) is 0. The van der Waals surface area contributed by atoms with Crippen molar-refractivity contribution in [2.75, 3.05) is 6.54 Å². The molecule has 1 heterocycles. The second-order valence-corrected chi connectivity index (χ2v) is 3.62. The van der Waals surface area contributed by atoms with Gasteiger partial charge in [0.05, 0.1) is 0 Å². The molecule has 62 valence electrons. The molecular formula is C8H13NO2. The van der Waals surface area contributed by atoms with E-state index in [1.54, 1.807) is 4.90 Å². The Hall–Kier alpha value is -0.730. The fourth-order valence-electron chi connectivity index (χ4n) is 2.37. The summed E-state index contributed by atoms with van der Waals surface area (Å²) in [7, 11) is 0. The van der Waals surface area contributed by atoms with E-state index in [2.05, 4.69) is 0 Å². The molecule has 2 atom stereocenters. The number of hydrogen-bond donors (Lipinski definition) is 1. The van der Waals surface area contributed by atoms with Crippen molar-refractivity contribution >= 4 is 6.09 Å². The number of carboxylic acid groups (broad SMARTS) is 1. The molecule has 1 amide bonds. The molecule has 0 spiro atoms. The number of nitrogens with zero attached hydrogens (tertiary/aromatic N) is 1. The molecule has 2 fully saturated rings. The van der Waals surface area contributed by atoms with E-state index in [-0.39, 0.29) is 0 Å². The Morgan fingerprint density at radius 1 is 1.45 bits per heavy atom. The number of hydrogen-bond acceptors (Lipinski definition) is 1. The first-order valence-corrected chi connectivity index (χ1v) is 4.27. The van der Waals surface area contributed by atoms with Crippen molar-refractivity contribution < 1.29 is 9.90 Å². The van der Waals surface area contributed by atoms with Crippen molar-refractivity contribution in [3.63, 3.8) is 0 Å². The van der Waals surface area contributed by atoms with Crippen molar-refractivity contribution in [2.24, 2.45) is 5.92 Å². The highest BCUT2D eigenvalue weighted by Crippen LogP contribution is 2.34. The van der Waals surface area contributed by atoms with Gasteiger partial charge in [0, 0.05) is 12.6 Å².